The molecule has 1 aromatic carbocycles. The Hall–Kier alpha value is -1.70. The molecule has 1 aromatic heterocycles. The monoisotopic (exact) mass is 308 g/mol. The molecule has 0 radical (unpaired) electrons. The van der Waals surface area contributed by atoms with Crippen molar-refractivity contribution in [3.63, 3.8) is 0 Å². The molecule has 0 saturated carbocycles. The molecule has 0 aliphatic carbocycles. The van der Waals surface area contributed by atoms with Gasteiger partial charge in [-0.3, -0.25) is 0 Å². The molecule has 1 N–H and O–H groups in total. The molecule has 8 heteroatoms. The van der Waals surface area contributed by atoms with E-state index in [0.717, 1.165) is 16.7 Å². The van der Waals surface area contributed by atoms with Crippen LogP contribution < -0.4 is 5.32 Å². The summed E-state index contributed by atoms with van der Waals surface area (Å²) in [5.41, 5.74) is -0.362. The third-order valence-electron chi connectivity index (χ3n) is 2.47. The summed E-state index contributed by atoms with van der Waals surface area (Å²) in [5.74, 6) is 0. The molecule has 0 bridgehead atoms. The van der Waals surface area contributed by atoms with Crippen molar-refractivity contribution in [1.82, 2.24) is 4.98 Å². The third-order valence-corrected chi connectivity index (χ3v) is 3.27. The van der Waals surface area contributed by atoms with Gasteiger partial charge in [0, 0.05) is 17.5 Å². The van der Waals surface area contributed by atoms with Gasteiger partial charge in [0.1, 0.15) is 0 Å². The Kier molecular flexibility index (Phi) is 4.22. The standard InChI is InChI=1S/C12H9F5N2S/c13-10(14)8-3-1-7(2-4-8)5-18-11-19-9(6-20-11)12(15,16)17/h1-4,6,10H,5H2,(H,18,19). The summed E-state index contributed by atoms with van der Waals surface area (Å²) in [4.78, 5) is 3.40. The maximum Gasteiger partial charge on any atom is 0.434 e. The van der Waals surface area contributed by atoms with Crippen LogP contribution in [0.25, 0.3) is 0 Å². The van der Waals surface area contributed by atoms with Crippen LogP contribution in [0.3, 0.4) is 0 Å². The smallest absolute Gasteiger partial charge is 0.357 e. The highest BCUT2D eigenvalue weighted by atomic mass is 32.1. The Labute approximate surface area is 115 Å². The summed E-state index contributed by atoms with van der Waals surface area (Å²) in [6.07, 6.45) is -7.00. The largest absolute Gasteiger partial charge is 0.434 e. The van der Waals surface area contributed by atoms with Gasteiger partial charge in [-0.15, -0.1) is 11.3 Å². The van der Waals surface area contributed by atoms with Crippen LogP contribution in [0.5, 0.6) is 0 Å². The second-order valence-corrected chi connectivity index (χ2v) is 4.79. The molecule has 2 nitrogen and oxygen atoms in total. The maximum absolute atomic E-state index is 12.3. The minimum absolute atomic E-state index is 0.0950. The molecular weight excluding hydrogens is 299 g/mol. The van der Waals surface area contributed by atoms with Crippen molar-refractivity contribution in [1.29, 1.82) is 0 Å². The predicted molar refractivity (Wildman–Crippen MR) is 65.8 cm³/mol. The molecule has 0 aliphatic heterocycles. The van der Waals surface area contributed by atoms with Crippen molar-refractivity contribution in [3.05, 3.63) is 46.5 Å². The summed E-state index contributed by atoms with van der Waals surface area (Å²) >= 11 is 0.841. The lowest BCUT2D eigenvalue weighted by Crippen LogP contribution is -2.06. The van der Waals surface area contributed by atoms with Gasteiger partial charge in [0.25, 0.3) is 6.43 Å². The lowest BCUT2D eigenvalue weighted by Gasteiger charge is -2.05. The van der Waals surface area contributed by atoms with Crippen LogP contribution >= 0.6 is 11.3 Å². The fraction of sp³-hybridized carbons (Fsp3) is 0.250. The summed E-state index contributed by atoms with van der Waals surface area (Å²) < 4.78 is 61.7. The first-order chi connectivity index (χ1) is 9.36. The van der Waals surface area contributed by atoms with Gasteiger partial charge in [0.2, 0.25) is 0 Å². The Balaban J connectivity index is 1.96. The molecule has 2 rings (SSSR count). The van der Waals surface area contributed by atoms with Gasteiger partial charge in [0.15, 0.2) is 10.8 Å². The number of alkyl halides is 5. The number of halogens is 5. The first-order valence-corrected chi connectivity index (χ1v) is 6.38. The molecule has 0 unspecified atom stereocenters. The van der Waals surface area contributed by atoms with E-state index in [2.05, 4.69) is 10.3 Å². The highest BCUT2D eigenvalue weighted by Crippen LogP contribution is 2.31. The average molecular weight is 308 g/mol. The molecule has 1 heterocycles. The van der Waals surface area contributed by atoms with E-state index < -0.39 is 18.3 Å². The van der Waals surface area contributed by atoms with Crippen LogP contribution in [0.1, 0.15) is 23.2 Å². The van der Waals surface area contributed by atoms with Gasteiger partial charge < -0.3 is 5.32 Å². The van der Waals surface area contributed by atoms with Gasteiger partial charge in [-0.25, -0.2) is 13.8 Å². The van der Waals surface area contributed by atoms with E-state index in [-0.39, 0.29) is 17.2 Å². The second kappa shape index (κ2) is 5.74. The number of hydrogen-bond donors (Lipinski definition) is 1. The number of hydrogen-bond acceptors (Lipinski definition) is 3. The molecule has 0 amide bonds. The van der Waals surface area contributed by atoms with Gasteiger partial charge in [-0.05, 0) is 5.56 Å². The lowest BCUT2D eigenvalue weighted by molar-refractivity contribution is -0.140. The molecule has 0 saturated heterocycles. The minimum atomic E-state index is -4.46. The fourth-order valence-corrected chi connectivity index (χ4v) is 2.16. The van der Waals surface area contributed by atoms with Crippen molar-refractivity contribution in [2.45, 2.75) is 19.1 Å². The third kappa shape index (κ3) is 3.66. The predicted octanol–water partition coefficient (Wildman–Crippen LogP) is 4.71. The number of benzene rings is 1. The van der Waals surface area contributed by atoms with Gasteiger partial charge in [-0.1, -0.05) is 24.3 Å². The quantitative estimate of drug-likeness (QED) is 0.827. The summed E-state index contributed by atoms with van der Waals surface area (Å²) in [5, 5.41) is 3.78. The fourth-order valence-electron chi connectivity index (χ4n) is 1.44. The number of anilines is 1. The van der Waals surface area contributed by atoms with E-state index in [0.29, 0.717) is 5.56 Å². The molecule has 2 aromatic rings. The first kappa shape index (κ1) is 14.7. The number of rotatable bonds is 4. The molecular formula is C12H9F5N2S. The van der Waals surface area contributed by atoms with Crippen LogP contribution in [0.4, 0.5) is 27.1 Å². The van der Waals surface area contributed by atoms with Crippen molar-refractivity contribution >= 4 is 16.5 Å². The molecule has 0 fully saturated rings. The van der Waals surface area contributed by atoms with E-state index >= 15 is 0 Å². The van der Waals surface area contributed by atoms with Gasteiger partial charge in [0.05, 0.1) is 0 Å². The topological polar surface area (TPSA) is 24.9 Å². The number of nitrogens with zero attached hydrogens (tertiary/aromatic N) is 1. The van der Waals surface area contributed by atoms with Crippen LogP contribution in [-0.4, -0.2) is 4.98 Å². The van der Waals surface area contributed by atoms with E-state index in [1.165, 1.54) is 24.3 Å². The number of nitrogens with one attached hydrogen (secondary N) is 1. The molecule has 0 atom stereocenters. The van der Waals surface area contributed by atoms with Crippen LogP contribution in [0.15, 0.2) is 29.6 Å². The molecule has 0 spiro atoms. The molecule has 108 valence electrons. The van der Waals surface area contributed by atoms with Crippen LogP contribution in [-0.2, 0) is 12.7 Å². The average Bonchev–Trinajstić information content (AvgIpc) is 2.85. The number of aromatic nitrogens is 1. The minimum Gasteiger partial charge on any atom is -0.357 e. The first-order valence-electron chi connectivity index (χ1n) is 5.50. The molecule has 0 aliphatic rings. The zero-order chi connectivity index (χ0) is 14.8. The Bertz CT molecular complexity index is 562. The van der Waals surface area contributed by atoms with E-state index in [9.17, 15) is 22.0 Å². The van der Waals surface area contributed by atoms with Crippen LogP contribution in [0.2, 0.25) is 0 Å². The zero-order valence-corrected chi connectivity index (χ0v) is 10.7. The SMILES string of the molecule is FC(F)c1ccc(CNc2nc(C(F)(F)F)cs2)cc1. The van der Waals surface area contributed by atoms with E-state index in [1.54, 1.807) is 0 Å². The van der Waals surface area contributed by atoms with Crippen LogP contribution in [0, 0.1) is 0 Å². The van der Waals surface area contributed by atoms with Crippen molar-refractivity contribution < 1.29 is 22.0 Å². The Morgan fingerprint density at radius 3 is 2.30 bits per heavy atom. The molecule has 20 heavy (non-hydrogen) atoms. The van der Waals surface area contributed by atoms with Crippen molar-refractivity contribution in [3.8, 4) is 0 Å². The summed E-state index contributed by atoms with van der Waals surface area (Å²) in [6.45, 7) is 0.217. The van der Waals surface area contributed by atoms with E-state index in [1.807, 2.05) is 0 Å². The summed E-state index contributed by atoms with van der Waals surface area (Å²) in [6, 6.07) is 5.55. The zero-order valence-electron chi connectivity index (χ0n) is 9.92. The highest BCUT2D eigenvalue weighted by Gasteiger charge is 2.33. The normalized spacial score (nSPS) is 11.9. The van der Waals surface area contributed by atoms with Crippen molar-refractivity contribution in [2.75, 3.05) is 5.32 Å². The van der Waals surface area contributed by atoms with Crippen molar-refractivity contribution in [2.24, 2.45) is 0 Å². The summed E-state index contributed by atoms with van der Waals surface area (Å²) in [7, 11) is 0. The van der Waals surface area contributed by atoms with Gasteiger partial charge in [-0.2, -0.15) is 13.2 Å². The Morgan fingerprint density at radius 2 is 1.80 bits per heavy atom. The maximum atomic E-state index is 12.3. The van der Waals surface area contributed by atoms with Gasteiger partial charge >= 0.3 is 6.18 Å². The van der Waals surface area contributed by atoms with E-state index in [4.69, 9.17) is 0 Å². The Morgan fingerprint density at radius 1 is 1.15 bits per heavy atom. The second-order valence-electron chi connectivity index (χ2n) is 3.93. The lowest BCUT2D eigenvalue weighted by atomic mass is 10.1. The number of thiazole rings is 1. The highest BCUT2D eigenvalue weighted by molar-refractivity contribution is 7.13.